The first kappa shape index (κ1) is 18.2. The number of benzene rings is 1. The molecule has 0 aliphatic rings. The Hall–Kier alpha value is -0.800. The van der Waals surface area contributed by atoms with Crippen molar-refractivity contribution in [2.75, 3.05) is 5.32 Å². The maximum atomic E-state index is 12.6. The zero-order valence-electron chi connectivity index (χ0n) is 9.92. The van der Waals surface area contributed by atoms with Gasteiger partial charge < -0.3 is 10.4 Å². The van der Waals surface area contributed by atoms with Crippen LogP contribution in [-0.4, -0.2) is 26.6 Å². The fraction of sp³-hybridized carbons (Fsp3) is 0.273. The Kier molecular flexibility index (Phi) is 6.06. The Balaban J connectivity index is 2.97. The Morgan fingerprint density at radius 1 is 1.24 bits per heavy atom. The first-order valence-corrected chi connectivity index (χ1v) is 7.43. The fourth-order valence-corrected chi connectivity index (χ4v) is 2.00. The van der Waals surface area contributed by atoms with Gasteiger partial charge in [0, 0.05) is 0 Å². The van der Waals surface area contributed by atoms with Crippen molar-refractivity contribution in [3.05, 3.63) is 28.8 Å². The van der Waals surface area contributed by atoms with E-state index < -0.39 is 33.3 Å². The molecule has 0 aliphatic carbocycles. The number of carbonyl (C=O) groups excluding carboxylic acids is 1. The number of hydrogen-bond acceptors (Lipinski definition) is 2. The van der Waals surface area contributed by atoms with Gasteiger partial charge in [-0.25, -0.2) is 0 Å². The minimum Gasteiger partial charge on any atom is -0.480 e. The van der Waals surface area contributed by atoms with Gasteiger partial charge in [0.25, 0.3) is 0 Å². The second kappa shape index (κ2) is 6.97. The van der Waals surface area contributed by atoms with Gasteiger partial charge in [-0.15, -0.1) is 0 Å². The number of anilines is 1. The van der Waals surface area contributed by atoms with E-state index in [0.29, 0.717) is 6.07 Å². The number of amides is 1. The second-order valence-electron chi connectivity index (χ2n) is 3.82. The van der Waals surface area contributed by atoms with Crippen LogP contribution in [0.5, 0.6) is 0 Å². The number of hydrogen-bond donors (Lipinski definition) is 2. The van der Waals surface area contributed by atoms with E-state index in [1.807, 2.05) is 0 Å². The van der Waals surface area contributed by atoms with Gasteiger partial charge in [0.05, 0.1) is 16.3 Å². The van der Waals surface area contributed by atoms with E-state index in [9.17, 15) is 22.8 Å². The van der Waals surface area contributed by atoms with Crippen molar-refractivity contribution in [3.8, 4) is 0 Å². The molecule has 2 N–H and O–H groups in total. The summed E-state index contributed by atoms with van der Waals surface area (Å²) in [4.78, 5) is 20.1. The number of carboxylic acids is 1. The molecule has 2 atom stereocenters. The summed E-state index contributed by atoms with van der Waals surface area (Å²) >= 11 is 11.3. The maximum Gasteiger partial charge on any atom is 0.416 e. The molecule has 1 rings (SSSR count). The van der Waals surface area contributed by atoms with Crippen LogP contribution in [-0.2, 0) is 15.8 Å². The molecule has 10 heteroatoms. The highest BCUT2D eigenvalue weighted by atomic mass is 79.9. The largest absolute Gasteiger partial charge is 0.480 e. The van der Waals surface area contributed by atoms with Gasteiger partial charge in [-0.2, -0.15) is 13.2 Å². The normalized spacial score (nSPS) is 14.4. The molecule has 0 heterocycles. The maximum absolute atomic E-state index is 12.6. The van der Waals surface area contributed by atoms with Crippen LogP contribution >= 0.6 is 43.5 Å². The summed E-state index contributed by atoms with van der Waals surface area (Å²) in [6.45, 7) is 0. The Morgan fingerprint density at radius 2 is 1.81 bits per heavy atom. The van der Waals surface area contributed by atoms with E-state index in [1.54, 1.807) is 0 Å². The molecule has 1 aromatic carbocycles. The minimum absolute atomic E-state index is 0.0995. The van der Waals surface area contributed by atoms with Crippen molar-refractivity contribution in [3.63, 3.8) is 0 Å². The molecule has 0 fully saturated rings. The van der Waals surface area contributed by atoms with Crippen molar-refractivity contribution in [1.29, 1.82) is 0 Å². The van der Waals surface area contributed by atoms with E-state index in [1.165, 1.54) is 0 Å². The van der Waals surface area contributed by atoms with E-state index in [0.717, 1.165) is 12.1 Å². The topological polar surface area (TPSA) is 66.4 Å². The van der Waals surface area contributed by atoms with Gasteiger partial charge in [-0.3, -0.25) is 9.59 Å². The first-order valence-electron chi connectivity index (χ1n) is 5.22. The average Bonchev–Trinajstić information content (AvgIpc) is 2.37. The summed E-state index contributed by atoms with van der Waals surface area (Å²) in [6.07, 6.45) is -4.59. The lowest BCUT2D eigenvalue weighted by Crippen LogP contribution is -2.34. The van der Waals surface area contributed by atoms with Crippen molar-refractivity contribution < 1.29 is 27.9 Å². The quantitative estimate of drug-likeness (QED) is 0.680. The highest BCUT2D eigenvalue weighted by molar-refractivity contribution is 9.12. The average molecular weight is 453 g/mol. The van der Waals surface area contributed by atoms with Crippen LogP contribution in [0.25, 0.3) is 0 Å². The number of alkyl halides is 5. The van der Waals surface area contributed by atoms with E-state index >= 15 is 0 Å². The van der Waals surface area contributed by atoms with Gasteiger partial charge in [0.2, 0.25) is 5.91 Å². The molecule has 0 radical (unpaired) electrons. The number of halogens is 6. The van der Waals surface area contributed by atoms with Crippen LogP contribution in [0.1, 0.15) is 5.56 Å². The molecule has 0 unspecified atom stereocenters. The van der Waals surface area contributed by atoms with Crippen molar-refractivity contribution in [2.45, 2.75) is 15.8 Å². The van der Waals surface area contributed by atoms with Crippen molar-refractivity contribution in [1.82, 2.24) is 0 Å². The summed E-state index contributed by atoms with van der Waals surface area (Å²) in [6, 6.07) is 2.43. The fourth-order valence-electron chi connectivity index (χ4n) is 1.26. The van der Waals surface area contributed by atoms with Crippen molar-refractivity contribution in [2.24, 2.45) is 0 Å². The lowest BCUT2D eigenvalue weighted by molar-refractivity contribution is -0.138. The van der Waals surface area contributed by atoms with Gasteiger partial charge in [-0.1, -0.05) is 43.5 Å². The van der Waals surface area contributed by atoms with Crippen LogP contribution in [0.15, 0.2) is 18.2 Å². The van der Waals surface area contributed by atoms with Gasteiger partial charge in [0.15, 0.2) is 0 Å². The Morgan fingerprint density at radius 3 is 2.29 bits per heavy atom. The second-order valence-corrected chi connectivity index (χ2v) is 6.20. The van der Waals surface area contributed by atoms with Crippen LogP contribution in [0.3, 0.4) is 0 Å². The number of aliphatic carboxylic acids is 1. The molecule has 0 saturated carbocycles. The third kappa shape index (κ3) is 4.86. The molecule has 1 aromatic rings. The highest BCUT2D eigenvalue weighted by Gasteiger charge is 2.32. The first-order chi connectivity index (χ1) is 9.54. The summed E-state index contributed by atoms with van der Waals surface area (Å²) in [5.41, 5.74) is -1.24. The van der Waals surface area contributed by atoms with Crippen LogP contribution in [0.2, 0.25) is 5.02 Å². The molecule has 0 aromatic heterocycles. The van der Waals surface area contributed by atoms with Gasteiger partial charge in [0.1, 0.15) is 9.65 Å². The number of carbonyl (C=O) groups is 2. The third-order valence-corrected chi connectivity index (χ3v) is 5.20. The number of carboxylic acid groups (broad SMARTS) is 1. The predicted molar refractivity (Wildman–Crippen MR) is 78.1 cm³/mol. The molecular formula is C11H7Br2ClF3NO3. The van der Waals surface area contributed by atoms with Gasteiger partial charge >= 0.3 is 12.1 Å². The molecule has 0 bridgehead atoms. The standard InChI is InChI=1S/C11H7Br2ClF3NO3/c12-7(8(13)10(20)21)9(19)18-6-3-4(11(15,16)17)1-2-5(6)14/h1-3,7-8H,(H,18,19)(H,20,21)/t7-,8-/m1/s1. The monoisotopic (exact) mass is 451 g/mol. The van der Waals surface area contributed by atoms with Crippen LogP contribution < -0.4 is 5.32 Å². The smallest absolute Gasteiger partial charge is 0.416 e. The highest BCUT2D eigenvalue weighted by Crippen LogP contribution is 2.34. The SMILES string of the molecule is O=C(O)[C@H](Br)[C@@H](Br)C(=O)Nc1cc(C(F)(F)F)ccc1Cl. The summed E-state index contributed by atoms with van der Waals surface area (Å²) in [5.74, 6) is -2.15. The predicted octanol–water partition coefficient (Wildman–Crippen LogP) is 3.91. The van der Waals surface area contributed by atoms with E-state index in [4.69, 9.17) is 16.7 Å². The summed E-state index contributed by atoms with van der Waals surface area (Å²) < 4.78 is 37.7. The molecule has 0 saturated heterocycles. The Labute approximate surface area is 138 Å². The zero-order chi connectivity index (χ0) is 16.4. The number of nitrogens with one attached hydrogen (secondary N) is 1. The molecule has 21 heavy (non-hydrogen) atoms. The van der Waals surface area contributed by atoms with Crippen molar-refractivity contribution >= 4 is 61.0 Å². The van der Waals surface area contributed by atoms with Gasteiger partial charge in [-0.05, 0) is 18.2 Å². The molecule has 0 aliphatic heterocycles. The molecule has 116 valence electrons. The summed E-state index contributed by atoms with van der Waals surface area (Å²) in [5, 5.41) is 10.8. The van der Waals surface area contributed by atoms with E-state index in [2.05, 4.69) is 37.2 Å². The van der Waals surface area contributed by atoms with Crippen LogP contribution in [0, 0.1) is 0 Å². The minimum atomic E-state index is -4.59. The zero-order valence-corrected chi connectivity index (χ0v) is 13.8. The lowest BCUT2D eigenvalue weighted by Gasteiger charge is -2.15. The van der Waals surface area contributed by atoms with Crippen LogP contribution in [0.4, 0.5) is 18.9 Å². The Bertz CT molecular complexity index is 568. The van der Waals surface area contributed by atoms with E-state index in [-0.39, 0.29) is 10.7 Å². The molecule has 4 nitrogen and oxygen atoms in total. The lowest BCUT2D eigenvalue weighted by atomic mass is 10.2. The molecule has 0 spiro atoms. The molecule has 1 amide bonds. The third-order valence-electron chi connectivity index (χ3n) is 2.29. The summed E-state index contributed by atoms with van der Waals surface area (Å²) in [7, 11) is 0. The number of rotatable bonds is 4. The molecular weight excluding hydrogens is 446 g/mol.